The first kappa shape index (κ1) is 19.2. The summed E-state index contributed by atoms with van der Waals surface area (Å²) in [5, 5.41) is 0.751. The molecule has 140 valence electrons. The van der Waals surface area contributed by atoms with E-state index in [1.807, 2.05) is 31.2 Å². The predicted octanol–water partition coefficient (Wildman–Crippen LogP) is 4.86. The van der Waals surface area contributed by atoms with Gasteiger partial charge in [0.1, 0.15) is 11.3 Å². The van der Waals surface area contributed by atoms with Crippen molar-refractivity contribution >= 4 is 32.9 Å². The molecule has 1 unspecified atom stereocenters. The maximum absolute atomic E-state index is 12.5. The Morgan fingerprint density at radius 3 is 2.56 bits per heavy atom. The van der Waals surface area contributed by atoms with Gasteiger partial charge >= 0.3 is 11.6 Å². The molecule has 27 heavy (non-hydrogen) atoms. The quantitative estimate of drug-likeness (QED) is 0.427. The molecule has 0 N–H and O–H groups in total. The van der Waals surface area contributed by atoms with Gasteiger partial charge in [0.05, 0.1) is 12.2 Å². The Hall–Kier alpha value is -2.60. The minimum atomic E-state index is -0.732. The zero-order valence-corrected chi connectivity index (χ0v) is 16.8. The van der Waals surface area contributed by atoms with Crippen molar-refractivity contribution in [3.05, 3.63) is 62.9 Å². The molecular formula is C21H19BrO5. The number of esters is 1. The van der Waals surface area contributed by atoms with Crippen molar-refractivity contribution < 1.29 is 18.7 Å². The summed E-state index contributed by atoms with van der Waals surface area (Å²) in [5.41, 5.74) is 2.14. The molecular weight excluding hydrogens is 412 g/mol. The lowest BCUT2D eigenvalue weighted by atomic mass is 9.99. The van der Waals surface area contributed by atoms with Crippen LogP contribution in [0.3, 0.4) is 0 Å². The molecule has 0 bridgehead atoms. The average Bonchev–Trinajstić information content (AvgIpc) is 2.64. The highest BCUT2D eigenvalue weighted by Crippen LogP contribution is 2.30. The van der Waals surface area contributed by atoms with E-state index in [4.69, 9.17) is 13.9 Å². The first-order valence-corrected chi connectivity index (χ1v) is 9.36. The molecule has 0 saturated heterocycles. The lowest BCUT2D eigenvalue weighted by Gasteiger charge is -2.14. The van der Waals surface area contributed by atoms with Crippen molar-refractivity contribution in [2.24, 2.45) is 0 Å². The van der Waals surface area contributed by atoms with Gasteiger partial charge in [-0.2, -0.15) is 0 Å². The van der Waals surface area contributed by atoms with Crippen LogP contribution >= 0.6 is 15.9 Å². The van der Waals surface area contributed by atoms with Gasteiger partial charge in [-0.05, 0) is 62.2 Å². The third-order valence-corrected chi connectivity index (χ3v) is 4.73. The van der Waals surface area contributed by atoms with E-state index in [1.54, 1.807) is 32.0 Å². The molecule has 6 heteroatoms. The average molecular weight is 431 g/mol. The zero-order valence-electron chi connectivity index (χ0n) is 15.2. The van der Waals surface area contributed by atoms with Crippen LogP contribution in [0.2, 0.25) is 0 Å². The maximum atomic E-state index is 12.5. The Labute approximate surface area is 165 Å². The Morgan fingerprint density at radius 1 is 1.19 bits per heavy atom. The lowest BCUT2D eigenvalue weighted by molar-refractivity contribution is -0.150. The summed E-state index contributed by atoms with van der Waals surface area (Å²) in [5.74, 6) is 0.0752. The van der Waals surface area contributed by atoms with Crippen LogP contribution in [-0.2, 0) is 9.53 Å². The number of fused-ring (bicyclic) bond motifs is 1. The Bertz CT molecular complexity index is 1040. The number of benzene rings is 2. The fourth-order valence-electron chi connectivity index (χ4n) is 2.87. The van der Waals surface area contributed by atoms with E-state index in [0.717, 1.165) is 21.0 Å². The van der Waals surface area contributed by atoms with Crippen LogP contribution in [-0.4, -0.2) is 18.7 Å². The molecule has 2 aromatic carbocycles. The second kappa shape index (κ2) is 7.96. The molecule has 1 aromatic heterocycles. The SMILES string of the molecule is CCOC(=O)C(C)Oc1ccc2oc(=O)c(-c3ccc(Br)cc3)c(C)c2c1. The standard InChI is InChI=1S/C21H19BrO5/c1-4-25-20(23)13(3)26-16-9-10-18-17(11-16)12(2)19(21(24)27-18)14-5-7-15(22)8-6-14/h5-11,13H,4H2,1-3H3. The van der Waals surface area contributed by atoms with Gasteiger partial charge in [0.2, 0.25) is 0 Å². The largest absolute Gasteiger partial charge is 0.479 e. The Kier molecular flexibility index (Phi) is 5.65. The molecule has 5 nitrogen and oxygen atoms in total. The van der Waals surface area contributed by atoms with E-state index in [9.17, 15) is 9.59 Å². The molecule has 0 spiro atoms. The van der Waals surface area contributed by atoms with Crippen molar-refractivity contribution in [3.8, 4) is 16.9 Å². The number of carbonyl (C=O) groups excluding carboxylic acids is 1. The predicted molar refractivity (Wildman–Crippen MR) is 107 cm³/mol. The number of halogens is 1. The number of carbonyl (C=O) groups is 1. The van der Waals surface area contributed by atoms with Crippen LogP contribution in [0.1, 0.15) is 19.4 Å². The molecule has 3 rings (SSSR count). The minimum Gasteiger partial charge on any atom is -0.479 e. The number of rotatable bonds is 5. The highest BCUT2D eigenvalue weighted by atomic mass is 79.9. The second-order valence-electron chi connectivity index (χ2n) is 6.07. The van der Waals surface area contributed by atoms with E-state index in [-0.39, 0.29) is 0 Å². The van der Waals surface area contributed by atoms with Crippen molar-refractivity contribution in [2.45, 2.75) is 26.9 Å². The van der Waals surface area contributed by atoms with Gasteiger partial charge in [0.15, 0.2) is 6.10 Å². The molecule has 0 aliphatic rings. The van der Waals surface area contributed by atoms with Crippen molar-refractivity contribution in [2.75, 3.05) is 6.61 Å². The van der Waals surface area contributed by atoms with Gasteiger partial charge in [-0.3, -0.25) is 0 Å². The van der Waals surface area contributed by atoms with E-state index in [1.165, 1.54) is 0 Å². The topological polar surface area (TPSA) is 65.7 Å². The van der Waals surface area contributed by atoms with E-state index >= 15 is 0 Å². The lowest BCUT2D eigenvalue weighted by Crippen LogP contribution is -2.26. The van der Waals surface area contributed by atoms with Crippen molar-refractivity contribution in [1.29, 1.82) is 0 Å². The molecule has 0 aliphatic heterocycles. The van der Waals surface area contributed by atoms with Crippen LogP contribution < -0.4 is 10.4 Å². The molecule has 0 amide bonds. The monoisotopic (exact) mass is 430 g/mol. The van der Waals surface area contributed by atoms with Gasteiger partial charge in [0.25, 0.3) is 0 Å². The first-order valence-electron chi connectivity index (χ1n) is 8.57. The molecule has 1 heterocycles. The van der Waals surface area contributed by atoms with Crippen LogP contribution in [0.4, 0.5) is 0 Å². The number of hydrogen-bond acceptors (Lipinski definition) is 5. The van der Waals surface area contributed by atoms with Crippen LogP contribution in [0.25, 0.3) is 22.1 Å². The van der Waals surface area contributed by atoms with Gasteiger partial charge in [-0.1, -0.05) is 28.1 Å². The summed E-state index contributed by atoms with van der Waals surface area (Å²) in [4.78, 5) is 24.3. The summed E-state index contributed by atoms with van der Waals surface area (Å²) in [6, 6.07) is 12.6. The highest BCUT2D eigenvalue weighted by Gasteiger charge is 2.18. The third-order valence-electron chi connectivity index (χ3n) is 4.20. The number of aryl methyl sites for hydroxylation is 1. The fraction of sp³-hybridized carbons (Fsp3) is 0.238. The van der Waals surface area contributed by atoms with Gasteiger partial charge in [-0.15, -0.1) is 0 Å². The summed E-state index contributed by atoms with van der Waals surface area (Å²) >= 11 is 3.39. The minimum absolute atomic E-state index is 0.297. The molecule has 0 saturated carbocycles. The van der Waals surface area contributed by atoms with E-state index in [0.29, 0.717) is 23.5 Å². The molecule has 0 aliphatic carbocycles. The number of hydrogen-bond donors (Lipinski definition) is 0. The second-order valence-corrected chi connectivity index (χ2v) is 6.98. The van der Waals surface area contributed by atoms with Crippen LogP contribution in [0.5, 0.6) is 5.75 Å². The van der Waals surface area contributed by atoms with Crippen LogP contribution in [0, 0.1) is 6.92 Å². The maximum Gasteiger partial charge on any atom is 0.347 e. The fourth-order valence-corrected chi connectivity index (χ4v) is 3.13. The summed E-state index contributed by atoms with van der Waals surface area (Å²) in [7, 11) is 0. The highest BCUT2D eigenvalue weighted by molar-refractivity contribution is 9.10. The van der Waals surface area contributed by atoms with Gasteiger partial charge in [-0.25, -0.2) is 9.59 Å². The number of ether oxygens (including phenoxy) is 2. The molecule has 0 radical (unpaired) electrons. The van der Waals surface area contributed by atoms with Crippen molar-refractivity contribution in [1.82, 2.24) is 0 Å². The Morgan fingerprint density at radius 2 is 1.89 bits per heavy atom. The first-order chi connectivity index (χ1) is 12.9. The Balaban J connectivity index is 2.04. The summed E-state index contributed by atoms with van der Waals surface area (Å²) in [6.07, 6.45) is -0.732. The zero-order chi connectivity index (χ0) is 19.6. The van der Waals surface area contributed by atoms with Gasteiger partial charge in [0, 0.05) is 9.86 Å². The van der Waals surface area contributed by atoms with Crippen LogP contribution in [0.15, 0.2) is 56.1 Å². The smallest absolute Gasteiger partial charge is 0.347 e. The summed E-state index contributed by atoms with van der Waals surface area (Å²) in [6.45, 7) is 5.54. The third kappa shape index (κ3) is 4.06. The van der Waals surface area contributed by atoms with E-state index < -0.39 is 17.7 Å². The molecule has 0 fully saturated rings. The molecule has 3 aromatic rings. The molecule has 1 atom stereocenters. The summed E-state index contributed by atoms with van der Waals surface area (Å²) < 4.78 is 17.1. The normalized spacial score (nSPS) is 12.0. The van der Waals surface area contributed by atoms with Gasteiger partial charge < -0.3 is 13.9 Å². The van der Waals surface area contributed by atoms with E-state index in [2.05, 4.69) is 15.9 Å². The van der Waals surface area contributed by atoms with Crippen molar-refractivity contribution in [3.63, 3.8) is 0 Å².